The molecule has 1 fully saturated rings. The normalized spacial score (nSPS) is 27.3. The second-order valence-electron chi connectivity index (χ2n) is 9.39. The molecule has 0 unspecified atom stereocenters. The molecule has 0 spiro atoms. The molecular weight excluding hydrogens is 403 g/mol. The Morgan fingerprint density at radius 2 is 1.92 bits per heavy atom. The fourth-order valence-electron chi connectivity index (χ4n) is 3.14. The van der Waals surface area contributed by atoms with Gasteiger partial charge in [-0.15, -0.1) is 0 Å². The van der Waals surface area contributed by atoms with E-state index in [4.69, 9.17) is 4.43 Å². The Balaban J connectivity index is 2.17. The van der Waals surface area contributed by atoms with E-state index >= 15 is 0 Å². The maximum atomic E-state index is 11.6. The zero-order valence-corrected chi connectivity index (χ0v) is 20.1. The number of benzene rings is 1. The third kappa shape index (κ3) is 5.33. The van der Waals surface area contributed by atoms with Crippen molar-refractivity contribution in [3.8, 4) is 0 Å². The topological polar surface area (TPSA) is 29.5 Å². The number of aliphatic hydroxyl groups is 1. The van der Waals surface area contributed by atoms with Crippen LogP contribution in [0, 0.1) is 5.92 Å². The van der Waals surface area contributed by atoms with Crippen LogP contribution in [0.2, 0.25) is 22.9 Å². The number of hydrogen-bond donors (Lipinski definition) is 1. The van der Waals surface area contributed by atoms with Crippen LogP contribution in [0.5, 0.6) is 0 Å². The first-order chi connectivity index (χ1) is 11.9. The van der Waals surface area contributed by atoms with E-state index < -0.39 is 13.9 Å². The molecule has 0 amide bonds. The summed E-state index contributed by atoms with van der Waals surface area (Å²) in [6.45, 7) is 18.1. The van der Waals surface area contributed by atoms with E-state index in [9.17, 15) is 5.11 Å². The van der Waals surface area contributed by atoms with Gasteiger partial charge in [-0.1, -0.05) is 0 Å². The second kappa shape index (κ2) is 8.32. The summed E-state index contributed by atoms with van der Waals surface area (Å²) in [6, 6.07) is 10.6. The molecule has 2 nitrogen and oxygen atoms in total. The fraction of sp³-hybridized carbons (Fsp3) is 0.636. The summed E-state index contributed by atoms with van der Waals surface area (Å²) in [5.74, 6) is 0.527. The quantitative estimate of drug-likeness (QED) is 0.503. The molecule has 0 saturated heterocycles. The van der Waals surface area contributed by atoms with Gasteiger partial charge in [0.25, 0.3) is 0 Å². The second-order valence-corrected chi connectivity index (χ2v) is 16.9. The van der Waals surface area contributed by atoms with Gasteiger partial charge in [0.2, 0.25) is 0 Å². The Bertz CT molecular complexity index is 608. The Hall–Kier alpha value is -0.384. The number of hydrogen-bond acceptors (Lipinski definition) is 2. The van der Waals surface area contributed by atoms with Gasteiger partial charge in [-0.2, -0.15) is 0 Å². The third-order valence-electron chi connectivity index (χ3n) is 6.23. The van der Waals surface area contributed by atoms with E-state index in [2.05, 4.69) is 77.7 Å². The van der Waals surface area contributed by atoms with Gasteiger partial charge >= 0.3 is 168 Å². The van der Waals surface area contributed by atoms with E-state index in [1.54, 1.807) is 0 Å². The van der Waals surface area contributed by atoms with Crippen LogP contribution in [0.15, 0.2) is 42.5 Å². The first kappa shape index (κ1) is 21.9. The number of allylic oxidation sites excluding steroid dienone is 1. The van der Waals surface area contributed by atoms with Crippen molar-refractivity contribution in [1.82, 2.24) is 0 Å². The van der Waals surface area contributed by atoms with E-state index in [-0.39, 0.29) is 24.8 Å². The average Bonchev–Trinajstić information content (AvgIpc) is 2.55. The summed E-state index contributed by atoms with van der Waals surface area (Å²) < 4.78 is 7.84. The summed E-state index contributed by atoms with van der Waals surface area (Å²) in [4.78, 5) is 0.276. The third-order valence-corrected chi connectivity index (χ3v) is 13.8. The molecule has 2 rings (SSSR count). The van der Waals surface area contributed by atoms with Crippen molar-refractivity contribution in [1.29, 1.82) is 0 Å². The molecule has 4 heteroatoms. The molecule has 0 aliphatic heterocycles. The van der Waals surface area contributed by atoms with Crippen LogP contribution in [0.25, 0.3) is 0 Å². The molecule has 0 radical (unpaired) electrons. The van der Waals surface area contributed by atoms with Gasteiger partial charge in [-0.05, 0) is 0 Å². The van der Waals surface area contributed by atoms with Gasteiger partial charge in [0.15, 0.2) is 0 Å². The number of rotatable bonds is 6. The van der Waals surface area contributed by atoms with E-state index in [0.717, 1.165) is 19.3 Å². The zero-order chi connectivity index (χ0) is 19.6. The Labute approximate surface area is 167 Å². The molecule has 1 saturated carbocycles. The average molecular weight is 440 g/mol. The van der Waals surface area contributed by atoms with Gasteiger partial charge in [0, 0.05) is 0 Å². The molecule has 0 aromatic heterocycles. The van der Waals surface area contributed by atoms with Crippen molar-refractivity contribution in [2.75, 3.05) is 6.61 Å². The summed E-state index contributed by atoms with van der Waals surface area (Å²) >= 11 is 0.237. The SMILES string of the molecule is C=C(C)[C@H]1CC[C@@](O)(CO[Si](C)(C)C(C)(C)C)[C@@H]([Se]c2ccccc2)C1. The van der Waals surface area contributed by atoms with Crippen LogP contribution in [-0.2, 0) is 4.43 Å². The van der Waals surface area contributed by atoms with Crippen molar-refractivity contribution in [3.05, 3.63) is 42.5 Å². The van der Waals surface area contributed by atoms with Crippen LogP contribution >= 0.6 is 0 Å². The minimum absolute atomic E-state index is 0.165. The molecule has 146 valence electrons. The molecule has 1 aliphatic carbocycles. The van der Waals surface area contributed by atoms with Gasteiger partial charge in [0.05, 0.1) is 0 Å². The molecule has 3 atom stereocenters. The van der Waals surface area contributed by atoms with Gasteiger partial charge in [-0.3, -0.25) is 0 Å². The molecule has 1 aromatic carbocycles. The molecule has 1 aliphatic rings. The predicted octanol–water partition coefficient (Wildman–Crippen LogP) is 4.93. The monoisotopic (exact) mass is 440 g/mol. The standard InChI is InChI=1S/C22H36O2SeSi/c1-17(2)18-13-14-22(23,16-24-26(6,7)21(3,4)5)20(15-18)25-19-11-9-8-10-12-19/h8-12,18,20,23H,1,13-16H2,2-7H3/t18-,20-,22+/m0/s1. The van der Waals surface area contributed by atoms with Gasteiger partial charge in [-0.25, -0.2) is 0 Å². The van der Waals surface area contributed by atoms with Crippen molar-refractivity contribution in [2.24, 2.45) is 5.92 Å². The fourth-order valence-corrected chi connectivity index (χ4v) is 7.07. The van der Waals surface area contributed by atoms with E-state index in [1.807, 2.05) is 0 Å². The minimum atomic E-state index is -1.87. The van der Waals surface area contributed by atoms with Crippen LogP contribution in [0.4, 0.5) is 0 Å². The molecule has 1 N–H and O–H groups in total. The summed E-state index contributed by atoms with van der Waals surface area (Å²) in [7, 11) is -1.87. The van der Waals surface area contributed by atoms with E-state index in [0.29, 0.717) is 12.5 Å². The van der Waals surface area contributed by atoms with Crippen LogP contribution in [-0.4, -0.2) is 40.6 Å². The zero-order valence-electron chi connectivity index (χ0n) is 17.3. The predicted molar refractivity (Wildman–Crippen MR) is 116 cm³/mol. The van der Waals surface area contributed by atoms with Gasteiger partial charge in [0.1, 0.15) is 0 Å². The first-order valence-electron chi connectivity index (χ1n) is 9.68. The van der Waals surface area contributed by atoms with Gasteiger partial charge < -0.3 is 0 Å². The van der Waals surface area contributed by atoms with Crippen LogP contribution in [0.1, 0.15) is 47.0 Å². The molecule has 26 heavy (non-hydrogen) atoms. The van der Waals surface area contributed by atoms with Crippen LogP contribution < -0.4 is 4.46 Å². The van der Waals surface area contributed by atoms with Crippen molar-refractivity contribution in [2.45, 2.75) is 75.5 Å². The Morgan fingerprint density at radius 3 is 2.46 bits per heavy atom. The molecular formula is C22H36O2SeSi. The first-order valence-corrected chi connectivity index (χ1v) is 14.4. The molecule has 0 heterocycles. The van der Waals surface area contributed by atoms with Crippen molar-refractivity contribution < 1.29 is 9.53 Å². The van der Waals surface area contributed by atoms with Crippen molar-refractivity contribution >= 4 is 27.7 Å². The molecule has 1 aromatic rings. The van der Waals surface area contributed by atoms with Crippen molar-refractivity contribution in [3.63, 3.8) is 0 Å². The van der Waals surface area contributed by atoms with Crippen LogP contribution in [0.3, 0.4) is 0 Å². The van der Waals surface area contributed by atoms with E-state index in [1.165, 1.54) is 10.0 Å². The Kier molecular flexibility index (Phi) is 7.01. The Morgan fingerprint density at radius 1 is 1.31 bits per heavy atom. The summed E-state index contributed by atoms with van der Waals surface area (Å²) in [5, 5.41) is 11.8. The summed E-state index contributed by atoms with van der Waals surface area (Å²) in [5.41, 5.74) is 0.545. The molecule has 0 bridgehead atoms. The summed E-state index contributed by atoms with van der Waals surface area (Å²) in [6.07, 6.45) is 2.87. The maximum absolute atomic E-state index is 11.6.